The number of fused-ring (bicyclic) bond motifs is 3. The number of aromatic nitrogens is 4. The van der Waals surface area contributed by atoms with Gasteiger partial charge in [-0.1, -0.05) is 11.6 Å². The second kappa shape index (κ2) is 5.35. The number of methoxy groups -OCH3 is 1. The number of hydrogen-bond acceptors (Lipinski definition) is 4. The first kappa shape index (κ1) is 14.7. The van der Waals surface area contributed by atoms with Crippen molar-refractivity contribution in [1.82, 2.24) is 18.9 Å². The molecule has 7 heteroatoms. The summed E-state index contributed by atoms with van der Waals surface area (Å²) in [5, 5.41) is 0.480. The molecule has 0 atom stereocenters. The highest BCUT2D eigenvalue weighted by Crippen LogP contribution is 2.31. The van der Waals surface area contributed by atoms with Gasteiger partial charge in [0, 0.05) is 29.7 Å². The molecular formula is C17H13ClN4O2. The third-order valence-electron chi connectivity index (χ3n) is 3.98. The normalized spacial score (nSPS) is 11.3. The maximum atomic E-state index is 13.0. The molecule has 0 unspecified atom stereocenters. The number of benzene rings is 1. The monoisotopic (exact) mass is 340 g/mol. The summed E-state index contributed by atoms with van der Waals surface area (Å²) in [5.41, 5.74) is 2.83. The minimum absolute atomic E-state index is 0.243. The summed E-state index contributed by atoms with van der Waals surface area (Å²) in [4.78, 5) is 21.5. The van der Waals surface area contributed by atoms with Gasteiger partial charge in [0.05, 0.1) is 24.0 Å². The van der Waals surface area contributed by atoms with Gasteiger partial charge in [0.25, 0.3) is 5.56 Å². The molecule has 0 radical (unpaired) electrons. The van der Waals surface area contributed by atoms with Crippen molar-refractivity contribution in [2.75, 3.05) is 7.11 Å². The number of halogens is 1. The van der Waals surface area contributed by atoms with Crippen molar-refractivity contribution < 1.29 is 4.74 Å². The van der Waals surface area contributed by atoms with Crippen molar-refractivity contribution in [2.45, 2.75) is 6.92 Å². The molecule has 0 spiro atoms. The molecule has 1 aromatic carbocycles. The molecule has 4 aromatic rings. The average Bonchev–Trinajstić information content (AvgIpc) is 3.05. The van der Waals surface area contributed by atoms with E-state index < -0.39 is 0 Å². The molecule has 0 aliphatic carbocycles. The smallest absolute Gasteiger partial charge is 0.299 e. The largest absolute Gasteiger partial charge is 0.494 e. The SMILES string of the molecule is COc1cc(Cl)cc2c1n1ccnc1c(=O)n2-c1cccnc1C. The van der Waals surface area contributed by atoms with Crippen LogP contribution in [0, 0.1) is 6.92 Å². The highest BCUT2D eigenvalue weighted by molar-refractivity contribution is 6.31. The number of aryl methyl sites for hydroxylation is 1. The van der Waals surface area contributed by atoms with E-state index in [1.54, 1.807) is 52.9 Å². The fourth-order valence-corrected chi connectivity index (χ4v) is 3.13. The average molecular weight is 341 g/mol. The first-order chi connectivity index (χ1) is 11.6. The highest BCUT2D eigenvalue weighted by Gasteiger charge is 2.18. The fourth-order valence-electron chi connectivity index (χ4n) is 2.93. The molecule has 6 nitrogen and oxygen atoms in total. The number of ether oxygens (including phenoxy) is 1. The summed E-state index contributed by atoms with van der Waals surface area (Å²) in [7, 11) is 1.57. The zero-order valence-electron chi connectivity index (χ0n) is 13.0. The van der Waals surface area contributed by atoms with Crippen LogP contribution in [0.25, 0.3) is 22.4 Å². The maximum absolute atomic E-state index is 13.0. The fraction of sp³-hybridized carbons (Fsp3) is 0.118. The standard InChI is InChI=1S/C17H13ClN4O2/c1-10-12(4-3-5-19-10)22-13-8-11(18)9-14(24-2)15(13)21-7-6-20-16(21)17(22)23/h3-9H,1-2H3. The zero-order chi connectivity index (χ0) is 16.8. The van der Waals surface area contributed by atoms with Crippen molar-refractivity contribution in [3.8, 4) is 11.4 Å². The van der Waals surface area contributed by atoms with Crippen molar-refractivity contribution in [3.63, 3.8) is 0 Å². The second-order valence-corrected chi connectivity index (χ2v) is 5.78. The lowest BCUT2D eigenvalue weighted by molar-refractivity contribution is 0.418. The van der Waals surface area contributed by atoms with E-state index >= 15 is 0 Å². The Bertz CT molecular complexity index is 1150. The molecule has 4 rings (SSSR count). The molecule has 0 bridgehead atoms. The topological polar surface area (TPSA) is 61.4 Å². The van der Waals surface area contributed by atoms with Crippen LogP contribution < -0.4 is 10.3 Å². The number of hydrogen-bond donors (Lipinski definition) is 0. The van der Waals surface area contributed by atoms with Gasteiger partial charge >= 0.3 is 0 Å². The minimum Gasteiger partial charge on any atom is -0.494 e. The molecule has 0 amide bonds. The van der Waals surface area contributed by atoms with Gasteiger partial charge in [0.2, 0.25) is 5.65 Å². The van der Waals surface area contributed by atoms with E-state index in [1.807, 2.05) is 13.0 Å². The van der Waals surface area contributed by atoms with E-state index in [0.29, 0.717) is 27.6 Å². The van der Waals surface area contributed by atoms with Gasteiger partial charge in [-0.15, -0.1) is 0 Å². The Kier molecular flexibility index (Phi) is 3.28. The van der Waals surface area contributed by atoms with Crippen molar-refractivity contribution in [2.24, 2.45) is 0 Å². The van der Waals surface area contributed by atoms with Crippen LogP contribution in [0.5, 0.6) is 5.75 Å². The number of imidazole rings is 1. The lowest BCUT2D eigenvalue weighted by atomic mass is 10.2. The predicted molar refractivity (Wildman–Crippen MR) is 92.4 cm³/mol. The molecule has 0 aliphatic heterocycles. The molecule has 0 N–H and O–H groups in total. The van der Waals surface area contributed by atoms with Gasteiger partial charge in [-0.25, -0.2) is 4.98 Å². The number of rotatable bonds is 2. The van der Waals surface area contributed by atoms with E-state index in [4.69, 9.17) is 16.3 Å². The van der Waals surface area contributed by atoms with Crippen molar-refractivity contribution >= 4 is 28.3 Å². The first-order valence-corrected chi connectivity index (χ1v) is 7.67. The number of pyridine rings is 1. The van der Waals surface area contributed by atoms with E-state index in [2.05, 4.69) is 9.97 Å². The lowest BCUT2D eigenvalue weighted by Crippen LogP contribution is -2.23. The van der Waals surface area contributed by atoms with E-state index in [-0.39, 0.29) is 5.56 Å². The van der Waals surface area contributed by atoms with Gasteiger partial charge in [0.15, 0.2) is 0 Å². The molecule has 0 aliphatic rings. The van der Waals surface area contributed by atoms with Crippen LogP contribution in [0.15, 0.2) is 47.7 Å². The molecule has 24 heavy (non-hydrogen) atoms. The van der Waals surface area contributed by atoms with Gasteiger partial charge in [0.1, 0.15) is 11.3 Å². The van der Waals surface area contributed by atoms with Gasteiger partial charge < -0.3 is 4.74 Å². The van der Waals surface area contributed by atoms with Crippen LogP contribution in [-0.4, -0.2) is 26.0 Å². The molecule has 0 saturated heterocycles. The van der Waals surface area contributed by atoms with Crippen LogP contribution in [-0.2, 0) is 0 Å². The Labute approximate surface area is 141 Å². The van der Waals surface area contributed by atoms with Crippen molar-refractivity contribution in [3.05, 3.63) is 63.9 Å². The molecule has 3 aromatic heterocycles. The van der Waals surface area contributed by atoms with Gasteiger partial charge in [-0.05, 0) is 25.1 Å². The third-order valence-corrected chi connectivity index (χ3v) is 4.19. The van der Waals surface area contributed by atoms with Crippen molar-refractivity contribution in [1.29, 1.82) is 0 Å². The van der Waals surface area contributed by atoms with Crippen LogP contribution in [0.2, 0.25) is 5.02 Å². The summed E-state index contributed by atoms with van der Waals surface area (Å²) in [6.07, 6.45) is 5.01. The van der Waals surface area contributed by atoms with E-state index in [0.717, 1.165) is 11.2 Å². The van der Waals surface area contributed by atoms with Gasteiger partial charge in [-0.3, -0.25) is 18.7 Å². The maximum Gasteiger partial charge on any atom is 0.299 e. The predicted octanol–water partition coefficient (Wildman–Crippen LogP) is 3.00. The summed E-state index contributed by atoms with van der Waals surface area (Å²) >= 11 is 6.24. The summed E-state index contributed by atoms with van der Waals surface area (Å²) in [5.74, 6) is 0.566. The Morgan fingerprint density at radius 2 is 2.04 bits per heavy atom. The first-order valence-electron chi connectivity index (χ1n) is 7.29. The third kappa shape index (κ3) is 2.00. The van der Waals surface area contributed by atoms with Gasteiger partial charge in [-0.2, -0.15) is 0 Å². The summed E-state index contributed by atoms with van der Waals surface area (Å²) in [6.45, 7) is 1.85. The Hall–Kier alpha value is -2.86. The van der Waals surface area contributed by atoms with E-state index in [9.17, 15) is 4.79 Å². The highest BCUT2D eigenvalue weighted by atomic mass is 35.5. The second-order valence-electron chi connectivity index (χ2n) is 5.35. The zero-order valence-corrected chi connectivity index (χ0v) is 13.8. The molecule has 0 fully saturated rings. The Balaban J connectivity index is 2.32. The molecular weight excluding hydrogens is 328 g/mol. The Morgan fingerprint density at radius 1 is 1.21 bits per heavy atom. The molecule has 3 heterocycles. The molecule has 120 valence electrons. The van der Waals surface area contributed by atoms with Crippen LogP contribution in [0.4, 0.5) is 0 Å². The Morgan fingerprint density at radius 3 is 2.79 bits per heavy atom. The van der Waals surface area contributed by atoms with Crippen LogP contribution in [0.3, 0.4) is 0 Å². The number of nitrogens with zero attached hydrogens (tertiary/aromatic N) is 4. The lowest BCUT2D eigenvalue weighted by Gasteiger charge is -2.15. The summed E-state index contributed by atoms with van der Waals surface area (Å²) < 4.78 is 8.78. The summed E-state index contributed by atoms with van der Waals surface area (Å²) in [6, 6.07) is 7.09. The molecule has 0 saturated carbocycles. The van der Waals surface area contributed by atoms with Crippen LogP contribution >= 0.6 is 11.6 Å². The minimum atomic E-state index is -0.243. The van der Waals surface area contributed by atoms with Crippen LogP contribution in [0.1, 0.15) is 5.69 Å². The quantitative estimate of drug-likeness (QED) is 0.563. The van der Waals surface area contributed by atoms with E-state index in [1.165, 1.54) is 0 Å².